The lowest BCUT2D eigenvalue weighted by atomic mass is 10.1. The average molecular weight is 334 g/mol. The van der Waals surface area contributed by atoms with Crippen LogP contribution in [-0.4, -0.2) is 20.9 Å². The van der Waals surface area contributed by atoms with Crippen LogP contribution < -0.4 is 16.6 Å². The molecule has 4 rings (SSSR count). The molecule has 0 saturated carbocycles. The van der Waals surface area contributed by atoms with E-state index >= 15 is 0 Å². The van der Waals surface area contributed by atoms with Crippen LogP contribution in [0.15, 0.2) is 53.6 Å². The highest BCUT2D eigenvalue weighted by molar-refractivity contribution is 6.23. The van der Waals surface area contributed by atoms with E-state index in [1.165, 1.54) is 4.57 Å². The molecule has 124 valence electrons. The molecule has 3 heterocycles. The molecule has 0 unspecified atom stereocenters. The number of nitrogens with zero attached hydrogens (tertiary/aromatic N) is 2. The van der Waals surface area contributed by atoms with Gasteiger partial charge in [0.2, 0.25) is 0 Å². The summed E-state index contributed by atoms with van der Waals surface area (Å²) in [7, 11) is 0. The molecule has 7 heteroatoms. The van der Waals surface area contributed by atoms with Crippen LogP contribution >= 0.6 is 0 Å². The number of nitrogens with two attached hydrogens (primary N) is 1. The van der Waals surface area contributed by atoms with Crippen LogP contribution in [0.1, 0.15) is 26.3 Å². The predicted molar refractivity (Wildman–Crippen MR) is 92.3 cm³/mol. The third-order valence-electron chi connectivity index (χ3n) is 4.21. The van der Waals surface area contributed by atoms with Crippen molar-refractivity contribution in [3.05, 3.63) is 75.8 Å². The summed E-state index contributed by atoms with van der Waals surface area (Å²) in [5.41, 5.74) is 7.90. The Hall–Kier alpha value is -3.61. The summed E-state index contributed by atoms with van der Waals surface area (Å²) in [5.74, 6) is -1.25. The highest BCUT2D eigenvalue weighted by Gasteiger charge is 2.32. The van der Waals surface area contributed by atoms with E-state index in [0.29, 0.717) is 5.69 Å². The van der Waals surface area contributed by atoms with Gasteiger partial charge in [-0.2, -0.15) is 0 Å². The van der Waals surface area contributed by atoms with Crippen molar-refractivity contribution in [3.8, 4) is 11.4 Å². The van der Waals surface area contributed by atoms with Gasteiger partial charge in [-0.25, -0.2) is 0 Å². The Morgan fingerprint density at radius 1 is 0.960 bits per heavy atom. The summed E-state index contributed by atoms with van der Waals surface area (Å²) in [5, 5.41) is 2.17. The predicted octanol–water partition coefficient (Wildman–Crippen LogP) is 1.40. The SMILES string of the molecule is Cc1ccc(-n2cccc2)c(-n2c(N)c3c(cc2=O)C(=O)NC3=O)c1. The van der Waals surface area contributed by atoms with Gasteiger partial charge in [0.1, 0.15) is 5.82 Å². The van der Waals surface area contributed by atoms with Crippen molar-refractivity contribution in [2.24, 2.45) is 0 Å². The molecule has 0 saturated heterocycles. The average Bonchev–Trinajstić information content (AvgIpc) is 3.16. The largest absolute Gasteiger partial charge is 0.384 e. The van der Waals surface area contributed by atoms with Gasteiger partial charge in [0.05, 0.1) is 22.5 Å². The van der Waals surface area contributed by atoms with Crippen LogP contribution in [0.3, 0.4) is 0 Å². The quantitative estimate of drug-likeness (QED) is 0.692. The second-order valence-electron chi connectivity index (χ2n) is 5.86. The fraction of sp³-hybridized carbons (Fsp3) is 0.0556. The smallest absolute Gasteiger partial charge is 0.262 e. The summed E-state index contributed by atoms with van der Waals surface area (Å²) in [6.45, 7) is 1.90. The van der Waals surface area contributed by atoms with Gasteiger partial charge in [0, 0.05) is 18.5 Å². The molecular formula is C18H14N4O3. The molecule has 0 spiro atoms. The molecule has 2 aromatic heterocycles. The van der Waals surface area contributed by atoms with Crippen molar-refractivity contribution in [2.45, 2.75) is 6.92 Å². The standard InChI is InChI=1S/C18H14N4O3/c1-10-4-5-12(21-6-2-3-7-21)13(8-10)22-14(23)9-11-15(16(22)19)18(25)20-17(11)24/h2-9H,19H2,1H3,(H,20,24,25). The summed E-state index contributed by atoms with van der Waals surface area (Å²) < 4.78 is 3.11. The van der Waals surface area contributed by atoms with Gasteiger partial charge >= 0.3 is 0 Å². The molecule has 0 radical (unpaired) electrons. The summed E-state index contributed by atoms with van der Waals surface area (Å²) in [6.07, 6.45) is 3.69. The van der Waals surface area contributed by atoms with Gasteiger partial charge in [-0.15, -0.1) is 0 Å². The number of aryl methyl sites for hydroxylation is 1. The Balaban J connectivity index is 2.06. The number of anilines is 1. The van der Waals surface area contributed by atoms with Crippen molar-refractivity contribution in [1.29, 1.82) is 0 Å². The fourth-order valence-corrected chi connectivity index (χ4v) is 3.05. The number of imide groups is 1. The topological polar surface area (TPSA) is 99.1 Å². The molecule has 2 amide bonds. The number of aromatic nitrogens is 2. The molecule has 0 bridgehead atoms. The number of hydrogen-bond donors (Lipinski definition) is 2. The van der Waals surface area contributed by atoms with E-state index in [0.717, 1.165) is 17.3 Å². The maximum Gasteiger partial charge on any atom is 0.262 e. The van der Waals surface area contributed by atoms with Crippen molar-refractivity contribution < 1.29 is 9.59 Å². The lowest BCUT2D eigenvalue weighted by molar-refractivity contribution is 0.0880. The minimum absolute atomic E-state index is 0.0129. The summed E-state index contributed by atoms with van der Waals surface area (Å²) in [4.78, 5) is 36.5. The summed E-state index contributed by atoms with van der Waals surface area (Å²) in [6, 6.07) is 10.5. The Bertz CT molecular complexity index is 1090. The number of hydrogen-bond acceptors (Lipinski definition) is 4. The van der Waals surface area contributed by atoms with Crippen molar-refractivity contribution in [1.82, 2.24) is 14.5 Å². The van der Waals surface area contributed by atoms with Gasteiger partial charge in [-0.05, 0) is 36.8 Å². The van der Waals surface area contributed by atoms with Crippen LogP contribution in [0.4, 0.5) is 5.82 Å². The number of amides is 2. The minimum atomic E-state index is -0.606. The number of nitrogen functional groups attached to an aromatic ring is 1. The number of carbonyl (C=O) groups is 2. The Morgan fingerprint density at radius 3 is 2.40 bits per heavy atom. The number of rotatable bonds is 2. The third-order valence-corrected chi connectivity index (χ3v) is 4.21. The number of nitrogens with one attached hydrogen (secondary N) is 1. The van der Waals surface area contributed by atoms with Gasteiger partial charge < -0.3 is 10.3 Å². The van der Waals surface area contributed by atoms with Crippen LogP contribution in [0.25, 0.3) is 11.4 Å². The van der Waals surface area contributed by atoms with E-state index in [-0.39, 0.29) is 16.9 Å². The van der Waals surface area contributed by atoms with E-state index in [9.17, 15) is 14.4 Å². The monoisotopic (exact) mass is 334 g/mol. The molecular weight excluding hydrogens is 320 g/mol. The zero-order valence-electron chi connectivity index (χ0n) is 13.3. The maximum atomic E-state index is 12.7. The van der Waals surface area contributed by atoms with E-state index in [1.807, 2.05) is 54.2 Å². The number of benzene rings is 1. The zero-order chi connectivity index (χ0) is 17.7. The third kappa shape index (κ3) is 2.17. The lowest BCUT2D eigenvalue weighted by Gasteiger charge is -2.17. The Labute approximate surface area is 142 Å². The Morgan fingerprint density at radius 2 is 1.68 bits per heavy atom. The molecule has 0 atom stereocenters. The van der Waals surface area contributed by atoms with Gasteiger partial charge in [0.25, 0.3) is 17.4 Å². The molecule has 7 nitrogen and oxygen atoms in total. The first kappa shape index (κ1) is 14.9. The van der Waals surface area contributed by atoms with Gasteiger partial charge in [-0.1, -0.05) is 6.07 Å². The van der Waals surface area contributed by atoms with E-state index in [2.05, 4.69) is 5.32 Å². The fourth-order valence-electron chi connectivity index (χ4n) is 3.05. The van der Waals surface area contributed by atoms with Gasteiger partial charge in [0.15, 0.2) is 0 Å². The van der Waals surface area contributed by atoms with Crippen LogP contribution in [0, 0.1) is 6.92 Å². The zero-order valence-corrected chi connectivity index (χ0v) is 13.3. The molecule has 1 aliphatic heterocycles. The van der Waals surface area contributed by atoms with E-state index < -0.39 is 17.4 Å². The number of pyridine rings is 1. The highest BCUT2D eigenvalue weighted by atomic mass is 16.2. The molecule has 3 N–H and O–H groups in total. The van der Waals surface area contributed by atoms with E-state index in [1.54, 1.807) is 0 Å². The molecule has 25 heavy (non-hydrogen) atoms. The molecule has 0 aliphatic carbocycles. The molecule has 1 aromatic carbocycles. The molecule has 1 aliphatic rings. The lowest BCUT2D eigenvalue weighted by Crippen LogP contribution is -2.25. The number of fused-ring (bicyclic) bond motifs is 1. The first-order valence-corrected chi connectivity index (χ1v) is 7.63. The van der Waals surface area contributed by atoms with Gasteiger partial charge in [-0.3, -0.25) is 24.3 Å². The first-order chi connectivity index (χ1) is 12.0. The number of carbonyl (C=O) groups excluding carboxylic acids is 2. The highest BCUT2D eigenvalue weighted by Crippen LogP contribution is 2.26. The summed E-state index contributed by atoms with van der Waals surface area (Å²) >= 11 is 0. The van der Waals surface area contributed by atoms with Crippen LogP contribution in [-0.2, 0) is 0 Å². The normalized spacial score (nSPS) is 13.0. The van der Waals surface area contributed by atoms with Crippen LogP contribution in [0.2, 0.25) is 0 Å². The second-order valence-corrected chi connectivity index (χ2v) is 5.86. The molecule has 3 aromatic rings. The van der Waals surface area contributed by atoms with E-state index in [4.69, 9.17) is 5.73 Å². The van der Waals surface area contributed by atoms with Crippen molar-refractivity contribution in [2.75, 3.05) is 5.73 Å². The van der Waals surface area contributed by atoms with Crippen LogP contribution in [0.5, 0.6) is 0 Å². The van der Waals surface area contributed by atoms with Crippen molar-refractivity contribution in [3.63, 3.8) is 0 Å². The Kier molecular flexibility index (Phi) is 3.11. The maximum absolute atomic E-state index is 12.7. The second kappa shape index (κ2) is 5.20. The molecule has 0 fully saturated rings. The van der Waals surface area contributed by atoms with Crippen molar-refractivity contribution >= 4 is 17.6 Å². The minimum Gasteiger partial charge on any atom is -0.384 e. The first-order valence-electron chi connectivity index (χ1n) is 7.63.